The number of carbonyl (C=O) groups is 1. The summed E-state index contributed by atoms with van der Waals surface area (Å²) < 4.78 is 5.40. The molecule has 110 valence electrons. The molecule has 1 unspecified atom stereocenters. The SMILES string of the molecule is CCOc1ccc(C(Nc2cccc(C)c2)C(N)=O)cc1. The first-order valence-electron chi connectivity index (χ1n) is 6.95. The van der Waals surface area contributed by atoms with Crippen LogP contribution in [0.1, 0.15) is 24.1 Å². The third-order valence-electron chi connectivity index (χ3n) is 3.14. The molecule has 0 aromatic heterocycles. The summed E-state index contributed by atoms with van der Waals surface area (Å²) in [5, 5.41) is 3.17. The minimum atomic E-state index is -0.567. The average molecular weight is 284 g/mol. The topological polar surface area (TPSA) is 64.3 Å². The molecule has 4 nitrogen and oxygen atoms in total. The number of amides is 1. The second-order valence-corrected chi connectivity index (χ2v) is 4.85. The van der Waals surface area contributed by atoms with E-state index in [2.05, 4.69) is 5.32 Å². The number of benzene rings is 2. The summed E-state index contributed by atoms with van der Waals surface area (Å²) in [6.45, 7) is 4.54. The smallest absolute Gasteiger partial charge is 0.244 e. The van der Waals surface area contributed by atoms with Gasteiger partial charge in [0.15, 0.2) is 0 Å². The average Bonchev–Trinajstić information content (AvgIpc) is 2.46. The summed E-state index contributed by atoms with van der Waals surface area (Å²) in [5.41, 5.74) is 8.32. The molecule has 2 rings (SSSR count). The lowest BCUT2D eigenvalue weighted by Gasteiger charge is -2.18. The number of aryl methyl sites for hydroxylation is 1. The summed E-state index contributed by atoms with van der Waals surface area (Å²) in [6.07, 6.45) is 0. The first kappa shape index (κ1) is 14.9. The van der Waals surface area contributed by atoms with Gasteiger partial charge in [-0.05, 0) is 49.2 Å². The van der Waals surface area contributed by atoms with E-state index in [0.29, 0.717) is 6.61 Å². The zero-order valence-corrected chi connectivity index (χ0v) is 12.3. The number of carbonyl (C=O) groups excluding carboxylic acids is 1. The Bertz CT molecular complexity index is 608. The predicted molar refractivity (Wildman–Crippen MR) is 84.3 cm³/mol. The molecule has 0 radical (unpaired) electrons. The summed E-state index contributed by atoms with van der Waals surface area (Å²) in [6, 6.07) is 14.6. The molecule has 0 bridgehead atoms. The second-order valence-electron chi connectivity index (χ2n) is 4.85. The zero-order chi connectivity index (χ0) is 15.2. The Balaban J connectivity index is 2.20. The molecule has 2 aromatic rings. The van der Waals surface area contributed by atoms with Gasteiger partial charge in [-0.2, -0.15) is 0 Å². The molecule has 0 aliphatic rings. The molecule has 0 saturated heterocycles. The maximum atomic E-state index is 11.7. The number of anilines is 1. The van der Waals surface area contributed by atoms with Crippen LogP contribution in [0.2, 0.25) is 0 Å². The molecule has 0 saturated carbocycles. The normalized spacial score (nSPS) is 11.7. The monoisotopic (exact) mass is 284 g/mol. The highest BCUT2D eigenvalue weighted by molar-refractivity contribution is 5.84. The van der Waals surface area contributed by atoms with Gasteiger partial charge in [0.2, 0.25) is 5.91 Å². The first-order valence-corrected chi connectivity index (χ1v) is 6.95. The lowest BCUT2D eigenvalue weighted by molar-refractivity contribution is -0.118. The quantitative estimate of drug-likeness (QED) is 0.857. The van der Waals surface area contributed by atoms with Crippen LogP contribution in [0.3, 0.4) is 0 Å². The number of hydrogen-bond donors (Lipinski definition) is 2. The number of ether oxygens (including phenoxy) is 1. The number of nitrogens with one attached hydrogen (secondary N) is 1. The third-order valence-corrected chi connectivity index (χ3v) is 3.14. The summed E-state index contributed by atoms with van der Waals surface area (Å²) in [5.74, 6) is 0.362. The largest absolute Gasteiger partial charge is 0.494 e. The number of primary amides is 1. The van der Waals surface area contributed by atoms with Crippen molar-refractivity contribution in [2.75, 3.05) is 11.9 Å². The summed E-state index contributed by atoms with van der Waals surface area (Å²) in [4.78, 5) is 11.7. The number of nitrogens with two attached hydrogens (primary N) is 1. The minimum absolute atomic E-state index is 0.416. The molecule has 4 heteroatoms. The fourth-order valence-electron chi connectivity index (χ4n) is 2.14. The molecule has 1 atom stereocenters. The molecule has 21 heavy (non-hydrogen) atoms. The van der Waals surface area contributed by atoms with Gasteiger partial charge in [0, 0.05) is 5.69 Å². The van der Waals surface area contributed by atoms with Crippen molar-refractivity contribution in [2.45, 2.75) is 19.9 Å². The summed E-state index contributed by atoms with van der Waals surface area (Å²) in [7, 11) is 0. The van der Waals surface area contributed by atoms with Crippen molar-refractivity contribution in [3.05, 3.63) is 59.7 Å². The van der Waals surface area contributed by atoms with Gasteiger partial charge >= 0.3 is 0 Å². The maximum Gasteiger partial charge on any atom is 0.244 e. The van der Waals surface area contributed by atoms with E-state index in [4.69, 9.17) is 10.5 Å². The van der Waals surface area contributed by atoms with Crippen molar-refractivity contribution in [2.24, 2.45) is 5.73 Å². The Kier molecular flexibility index (Phi) is 4.82. The third kappa shape index (κ3) is 3.99. The summed E-state index contributed by atoms with van der Waals surface area (Å²) >= 11 is 0. The van der Waals surface area contributed by atoms with Gasteiger partial charge in [-0.15, -0.1) is 0 Å². The van der Waals surface area contributed by atoms with Gasteiger partial charge in [0.25, 0.3) is 0 Å². The van der Waals surface area contributed by atoms with E-state index in [1.165, 1.54) is 0 Å². The Morgan fingerprint density at radius 3 is 2.52 bits per heavy atom. The molecule has 0 spiro atoms. The fourth-order valence-corrected chi connectivity index (χ4v) is 2.14. The van der Waals surface area contributed by atoms with E-state index in [0.717, 1.165) is 22.6 Å². The van der Waals surface area contributed by atoms with Crippen LogP contribution >= 0.6 is 0 Å². The van der Waals surface area contributed by atoms with E-state index in [-0.39, 0.29) is 0 Å². The highest BCUT2D eigenvalue weighted by Crippen LogP contribution is 2.22. The Morgan fingerprint density at radius 1 is 1.24 bits per heavy atom. The standard InChI is InChI=1S/C17H20N2O2/c1-3-21-15-9-7-13(8-10-15)16(17(18)20)19-14-6-4-5-12(2)11-14/h4-11,16,19H,3H2,1-2H3,(H2,18,20). The molecule has 3 N–H and O–H groups in total. The molecule has 1 amide bonds. The van der Waals surface area contributed by atoms with Crippen molar-refractivity contribution >= 4 is 11.6 Å². The number of hydrogen-bond acceptors (Lipinski definition) is 3. The van der Waals surface area contributed by atoms with Gasteiger partial charge in [0.05, 0.1) is 6.61 Å². The van der Waals surface area contributed by atoms with Gasteiger partial charge < -0.3 is 15.8 Å². The van der Waals surface area contributed by atoms with Crippen LogP contribution in [0.15, 0.2) is 48.5 Å². The molecular weight excluding hydrogens is 264 g/mol. The van der Waals surface area contributed by atoms with Crippen molar-refractivity contribution in [3.8, 4) is 5.75 Å². The second kappa shape index (κ2) is 6.79. The van der Waals surface area contributed by atoms with E-state index >= 15 is 0 Å². The molecule has 0 heterocycles. The van der Waals surface area contributed by atoms with Crippen molar-refractivity contribution in [1.82, 2.24) is 0 Å². The van der Waals surface area contributed by atoms with Crippen molar-refractivity contribution in [1.29, 1.82) is 0 Å². The molecule has 0 fully saturated rings. The van der Waals surface area contributed by atoms with Gasteiger partial charge in [-0.1, -0.05) is 24.3 Å². The van der Waals surface area contributed by atoms with Crippen LogP contribution in [-0.4, -0.2) is 12.5 Å². The van der Waals surface area contributed by atoms with E-state index in [1.807, 2.05) is 62.4 Å². The van der Waals surface area contributed by atoms with E-state index in [9.17, 15) is 4.79 Å². The van der Waals surface area contributed by atoms with Gasteiger partial charge in [-0.25, -0.2) is 0 Å². The highest BCUT2D eigenvalue weighted by atomic mass is 16.5. The van der Waals surface area contributed by atoms with Crippen LogP contribution in [0.4, 0.5) is 5.69 Å². The molecule has 0 aliphatic heterocycles. The zero-order valence-electron chi connectivity index (χ0n) is 12.3. The fraction of sp³-hybridized carbons (Fsp3) is 0.235. The van der Waals surface area contributed by atoms with Gasteiger partial charge in [0.1, 0.15) is 11.8 Å². The van der Waals surface area contributed by atoms with E-state index in [1.54, 1.807) is 0 Å². The van der Waals surface area contributed by atoms with Crippen LogP contribution in [-0.2, 0) is 4.79 Å². The lowest BCUT2D eigenvalue weighted by atomic mass is 10.1. The maximum absolute atomic E-state index is 11.7. The van der Waals surface area contributed by atoms with Crippen LogP contribution in [0.25, 0.3) is 0 Å². The lowest BCUT2D eigenvalue weighted by Crippen LogP contribution is -2.27. The molecule has 0 aliphatic carbocycles. The Hall–Kier alpha value is -2.49. The van der Waals surface area contributed by atoms with Crippen LogP contribution in [0.5, 0.6) is 5.75 Å². The highest BCUT2D eigenvalue weighted by Gasteiger charge is 2.17. The van der Waals surface area contributed by atoms with Crippen molar-refractivity contribution < 1.29 is 9.53 Å². The molecule has 2 aromatic carbocycles. The van der Waals surface area contributed by atoms with Gasteiger partial charge in [-0.3, -0.25) is 4.79 Å². The first-order chi connectivity index (χ1) is 10.1. The molecular formula is C17H20N2O2. The van der Waals surface area contributed by atoms with Crippen LogP contribution < -0.4 is 15.8 Å². The van der Waals surface area contributed by atoms with Crippen LogP contribution in [0, 0.1) is 6.92 Å². The Labute approximate surface area is 124 Å². The van der Waals surface area contributed by atoms with E-state index < -0.39 is 11.9 Å². The predicted octanol–water partition coefficient (Wildman–Crippen LogP) is 3.03. The Morgan fingerprint density at radius 2 is 1.95 bits per heavy atom. The minimum Gasteiger partial charge on any atom is -0.494 e. The number of rotatable bonds is 6. The van der Waals surface area contributed by atoms with Crippen molar-refractivity contribution in [3.63, 3.8) is 0 Å².